The zero-order chi connectivity index (χ0) is 13.6. The Bertz CT molecular complexity index is 376. The van der Waals surface area contributed by atoms with E-state index in [4.69, 9.17) is 9.47 Å². The summed E-state index contributed by atoms with van der Waals surface area (Å²) in [5.41, 5.74) is -1.26. The molecular formula is C14H22O4. The lowest BCUT2D eigenvalue weighted by molar-refractivity contribution is -0.161. The highest BCUT2D eigenvalue weighted by Crippen LogP contribution is 2.75. The molecule has 4 heteroatoms. The molecule has 4 nitrogen and oxygen atoms in total. The molecule has 0 bridgehead atoms. The highest BCUT2D eigenvalue weighted by Gasteiger charge is 2.86. The highest BCUT2D eigenvalue weighted by molar-refractivity contribution is 6.07. The van der Waals surface area contributed by atoms with Crippen molar-refractivity contribution >= 4 is 11.9 Å². The average Bonchev–Trinajstić information content (AvgIpc) is 2.62. The van der Waals surface area contributed by atoms with Gasteiger partial charge in [-0.25, -0.2) is 0 Å². The Morgan fingerprint density at radius 1 is 1.56 bits per heavy atom. The molecule has 2 rings (SSSR count). The van der Waals surface area contributed by atoms with Crippen molar-refractivity contribution in [2.45, 2.75) is 40.0 Å². The van der Waals surface area contributed by atoms with Gasteiger partial charge in [0.25, 0.3) is 0 Å². The summed E-state index contributed by atoms with van der Waals surface area (Å²) in [6.07, 6.45) is 3.05. The van der Waals surface area contributed by atoms with Crippen molar-refractivity contribution in [2.75, 3.05) is 13.7 Å². The van der Waals surface area contributed by atoms with Crippen LogP contribution in [-0.4, -0.2) is 25.7 Å². The van der Waals surface area contributed by atoms with E-state index in [1.807, 2.05) is 6.92 Å². The quantitative estimate of drug-likeness (QED) is 0.557. The number of methoxy groups -OCH3 is 1. The Morgan fingerprint density at radius 2 is 2.22 bits per heavy atom. The molecule has 1 saturated carbocycles. The van der Waals surface area contributed by atoms with Crippen molar-refractivity contribution in [3.8, 4) is 0 Å². The Balaban J connectivity index is 2.11. The van der Waals surface area contributed by atoms with Gasteiger partial charge in [0.05, 0.1) is 13.7 Å². The first-order valence-corrected chi connectivity index (χ1v) is 6.67. The van der Waals surface area contributed by atoms with Crippen LogP contribution in [-0.2, 0) is 19.1 Å². The number of hydrogen-bond donors (Lipinski definition) is 0. The molecule has 0 unspecified atom stereocenters. The van der Waals surface area contributed by atoms with Gasteiger partial charge >= 0.3 is 11.9 Å². The summed E-state index contributed by atoms with van der Waals surface area (Å²) < 4.78 is 9.86. The predicted molar refractivity (Wildman–Crippen MR) is 65.7 cm³/mol. The summed E-state index contributed by atoms with van der Waals surface area (Å²) in [4.78, 5) is 23.9. The normalized spacial score (nSPS) is 37.4. The third kappa shape index (κ3) is 1.50. The fraction of sp³-hybridized carbons (Fsp3) is 0.857. The molecule has 1 aliphatic carbocycles. The highest BCUT2D eigenvalue weighted by atomic mass is 16.6. The number of fused-ring (bicyclic) bond motifs is 1. The Labute approximate surface area is 108 Å². The molecule has 2 fully saturated rings. The smallest absolute Gasteiger partial charge is 0.324 e. The fourth-order valence-corrected chi connectivity index (χ4v) is 3.60. The number of ether oxygens (including phenoxy) is 2. The minimum Gasteiger partial charge on any atom is -0.468 e. The number of carbonyl (C=O) groups is 2. The average molecular weight is 254 g/mol. The molecule has 1 aliphatic heterocycles. The largest absolute Gasteiger partial charge is 0.468 e. The van der Waals surface area contributed by atoms with Crippen LogP contribution in [0.15, 0.2) is 0 Å². The third-order valence-corrected chi connectivity index (χ3v) is 4.80. The summed E-state index contributed by atoms with van der Waals surface area (Å²) in [7, 11) is 1.34. The molecule has 0 aromatic heterocycles. The van der Waals surface area contributed by atoms with Crippen molar-refractivity contribution in [3.63, 3.8) is 0 Å². The number of rotatable bonds is 5. The third-order valence-electron chi connectivity index (χ3n) is 4.80. The maximum absolute atomic E-state index is 12.0. The predicted octanol–water partition coefficient (Wildman–Crippen LogP) is 2.17. The number of hydrogen-bond acceptors (Lipinski definition) is 4. The Hall–Kier alpha value is -1.06. The number of esters is 2. The minimum atomic E-state index is -1.00. The summed E-state index contributed by atoms with van der Waals surface area (Å²) in [6.45, 7) is 6.75. The molecular weight excluding hydrogens is 232 g/mol. The molecule has 0 amide bonds. The second kappa shape index (κ2) is 4.25. The molecule has 0 aromatic carbocycles. The first-order chi connectivity index (χ1) is 8.41. The lowest BCUT2D eigenvalue weighted by atomic mass is 9.88. The van der Waals surface area contributed by atoms with Crippen LogP contribution < -0.4 is 0 Å². The zero-order valence-electron chi connectivity index (χ0n) is 11.6. The van der Waals surface area contributed by atoms with E-state index in [0.29, 0.717) is 12.5 Å². The summed E-state index contributed by atoms with van der Waals surface area (Å²) in [5.74, 6) is -0.140. The topological polar surface area (TPSA) is 52.6 Å². The van der Waals surface area contributed by atoms with Crippen molar-refractivity contribution in [2.24, 2.45) is 22.7 Å². The molecule has 0 spiro atoms. The monoisotopic (exact) mass is 254 g/mol. The van der Waals surface area contributed by atoms with Crippen molar-refractivity contribution in [1.82, 2.24) is 0 Å². The first-order valence-electron chi connectivity index (χ1n) is 6.67. The Kier molecular flexibility index (Phi) is 3.16. The van der Waals surface area contributed by atoms with Gasteiger partial charge in [-0.15, -0.1) is 0 Å². The second-order valence-corrected chi connectivity index (χ2v) is 6.15. The Morgan fingerprint density at radius 3 is 2.78 bits per heavy atom. The van der Waals surface area contributed by atoms with Crippen LogP contribution in [0.4, 0.5) is 0 Å². The van der Waals surface area contributed by atoms with Crippen LogP contribution in [0.3, 0.4) is 0 Å². The summed E-state index contributed by atoms with van der Waals surface area (Å²) in [5, 5.41) is 0. The van der Waals surface area contributed by atoms with Gasteiger partial charge in [0.2, 0.25) is 0 Å². The number of cyclic esters (lactones) is 1. The SMILES string of the molecule is COC(=O)[C@]12C(=O)OC[C@H]1[C@]2(C)CCCC(C)C. The van der Waals surface area contributed by atoms with E-state index >= 15 is 0 Å². The van der Waals surface area contributed by atoms with Crippen molar-refractivity contribution in [3.05, 3.63) is 0 Å². The molecule has 102 valence electrons. The standard InChI is InChI=1S/C14H22O4/c1-9(2)6-5-7-13(3)10-8-18-12(16)14(10,13)11(15)17-4/h9-10H,5-8H2,1-4H3/t10-,13-,14-/m0/s1. The molecule has 0 N–H and O–H groups in total. The zero-order valence-corrected chi connectivity index (χ0v) is 11.6. The first kappa shape index (κ1) is 13.4. The molecule has 0 radical (unpaired) electrons. The maximum Gasteiger partial charge on any atom is 0.324 e. The molecule has 3 atom stereocenters. The van der Waals surface area contributed by atoms with E-state index in [2.05, 4.69) is 13.8 Å². The molecule has 2 aliphatic rings. The number of carbonyl (C=O) groups excluding carboxylic acids is 2. The summed E-state index contributed by atoms with van der Waals surface area (Å²) >= 11 is 0. The van der Waals surface area contributed by atoms with Crippen LogP contribution in [0.5, 0.6) is 0 Å². The molecule has 1 saturated heterocycles. The van der Waals surface area contributed by atoms with Crippen LogP contribution in [0, 0.1) is 22.7 Å². The van der Waals surface area contributed by atoms with E-state index in [-0.39, 0.29) is 17.3 Å². The van der Waals surface area contributed by atoms with E-state index < -0.39 is 11.4 Å². The lowest BCUT2D eigenvalue weighted by Gasteiger charge is -2.20. The van der Waals surface area contributed by atoms with Crippen molar-refractivity contribution < 1.29 is 19.1 Å². The van der Waals surface area contributed by atoms with Gasteiger partial charge in [-0.1, -0.05) is 33.6 Å². The van der Waals surface area contributed by atoms with Gasteiger partial charge in [-0.05, 0) is 12.3 Å². The second-order valence-electron chi connectivity index (χ2n) is 6.15. The minimum absolute atomic E-state index is 0.0112. The van der Waals surface area contributed by atoms with E-state index in [9.17, 15) is 9.59 Å². The summed E-state index contributed by atoms with van der Waals surface area (Å²) in [6, 6.07) is 0. The van der Waals surface area contributed by atoms with Crippen LogP contribution in [0.2, 0.25) is 0 Å². The van der Waals surface area contributed by atoms with E-state index in [1.54, 1.807) is 0 Å². The molecule has 18 heavy (non-hydrogen) atoms. The van der Waals surface area contributed by atoms with Crippen LogP contribution >= 0.6 is 0 Å². The van der Waals surface area contributed by atoms with Crippen LogP contribution in [0.1, 0.15) is 40.0 Å². The van der Waals surface area contributed by atoms with Gasteiger partial charge in [-0.3, -0.25) is 9.59 Å². The van der Waals surface area contributed by atoms with Gasteiger partial charge in [-0.2, -0.15) is 0 Å². The fourth-order valence-electron chi connectivity index (χ4n) is 3.60. The maximum atomic E-state index is 12.0. The van der Waals surface area contributed by atoms with Gasteiger partial charge in [0.1, 0.15) is 0 Å². The molecule has 1 heterocycles. The molecule has 0 aromatic rings. The van der Waals surface area contributed by atoms with Crippen LogP contribution in [0.25, 0.3) is 0 Å². The van der Waals surface area contributed by atoms with Gasteiger partial charge in [0.15, 0.2) is 5.41 Å². The lowest BCUT2D eigenvalue weighted by Crippen LogP contribution is -2.32. The van der Waals surface area contributed by atoms with Gasteiger partial charge < -0.3 is 9.47 Å². The van der Waals surface area contributed by atoms with Gasteiger partial charge in [0, 0.05) is 11.3 Å². The van der Waals surface area contributed by atoms with E-state index in [1.165, 1.54) is 7.11 Å². The van der Waals surface area contributed by atoms with E-state index in [0.717, 1.165) is 19.3 Å². The van der Waals surface area contributed by atoms with Crippen molar-refractivity contribution in [1.29, 1.82) is 0 Å².